The zero-order valence-electron chi connectivity index (χ0n) is 23.6. The maximum atomic E-state index is 13.7. The van der Waals surface area contributed by atoms with Crippen molar-refractivity contribution < 1.29 is 32.4 Å². The molecule has 1 aliphatic rings. The Morgan fingerprint density at radius 2 is 1.90 bits per heavy atom. The van der Waals surface area contributed by atoms with Crippen LogP contribution >= 0.6 is 0 Å². The van der Waals surface area contributed by atoms with Crippen molar-refractivity contribution in [2.45, 2.75) is 44.7 Å². The van der Waals surface area contributed by atoms with Crippen molar-refractivity contribution >= 4 is 33.3 Å². The Hall–Kier alpha value is -4.10. The molecule has 13 heteroatoms. The van der Waals surface area contributed by atoms with Crippen LogP contribution in [0.15, 0.2) is 57.9 Å². The van der Waals surface area contributed by atoms with E-state index in [9.17, 15) is 23.1 Å². The molecule has 12 nitrogen and oxygen atoms in total. The number of amides is 3. The van der Waals surface area contributed by atoms with Crippen LogP contribution < -0.4 is 14.8 Å². The minimum absolute atomic E-state index is 0.0447. The molecule has 3 N–H and O–H groups in total. The third kappa shape index (κ3) is 6.46. The number of ether oxygens (including phenoxy) is 1. The highest BCUT2D eigenvalue weighted by molar-refractivity contribution is 7.92. The van der Waals surface area contributed by atoms with Crippen molar-refractivity contribution in [2.75, 3.05) is 36.8 Å². The number of anilines is 2. The number of para-hydroxylation sites is 1. The molecular formula is C28H35N5O7S. The summed E-state index contributed by atoms with van der Waals surface area (Å²) in [4.78, 5) is 29.8. The molecular weight excluding hydrogens is 550 g/mol. The van der Waals surface area contributed by atoms with Gasteiger partial charge < -0.3 is 29.5 Å². The van der Waals surface area contributed by atoms with Gasteiger partial charge in [0.1, 0.15) is 17.5 Å². The maximum absolute atomic E-state index is 13.7. The van der Waals surface area contributed by atoms with Crippen molar-refractivity contribution in [3.63, 3.8) is 0 Å². The minimum atomic E-state index is -4.01. The number of carbonyl (C=O) groups excluding carboxylic acids is 2. The lowest BCUT2D eigenvalue weighted by Crippen LogP contribution is -2.50. The molecule has 4 rings (SSSR count). The quantitative estimate of drug-likeness (QED) is 0.363. The van der Waals surface area contributed by atoms with Gasteiger partial charge in [-0.25, -0.2) is 13.2 Å². The Bertz CT molecular complexity index is 1490. The highest BCUT2D eigenvalue weighted by Gasteiger charge is 2.35. The monoisotopic (exact) mass is 585 g/mol. The van der Waals surface area contributed by atoms with Crippen LogP contribution in [0.3, 0.4) is 0 Å². The number of aromatic nitrogens is 1. The van der Waals surface area contributed by atoms with E-state index in [1.807, 2.05) is 6.92 Å². The number of rotatable bonds is 8. The number of carbonyl (C=O) groups is 2. The van der Waals surface area contributed by atoms with Crippen LogP contribution in [0.5, 0.6) is 5.75 Å². The Balaban J connectivity index is 1.69. The Labute approximate surface area is 239 Å². The van der Waals surface area contributed by atoms with Crippen molar-refractivity contribution in [2.24, 2.45) is 5.92 Å². The van der Waals surface area contributed by atoms with Gasteiger partial charge in [0.15, 0.2) is 11.5 Å². The third-order valence-electron chi connectivity index (χ3n) is 7.05. The van der Waals surface area contributed by atoms with Gasteiger partial charge in [-0.1, -0.05) is 36.3 Å². The van der Waals surface area contributed by atoms with Crippen molar-refractivity contribution in [1.82, 2.24) is 15.0 Å². The first-order valence-corrected chi connectivity index (χ1v) is 14.7. The summed E-state index contributed by atoms with van der Waals surface area (Å²) < 4.78 is 40.5. The van der Waals surface area contributed by atoms with E-state index >= 15 is 0 Å². The molecule has 0 spiro atoms. The van der Waals surface area contributed by atoms with Crippen molar-refractivity contribution in [3.8, 4) is 5.75 Å². The van der Waals surface area contributed by atoms with E-state index in [-0.39, 0.29) is 47.5 Å². The lowest BCUT2D eigenvalue weighted by Gasteiger charge is -2.38. The first-order chi connectivity index (χ1) is 19.4. The average molecular weight is 586 g/mol. The summed E-state index contributed by atoms with van der Waals surface area (Å²) in [6, 6.07) is 11.5. The normalized spacial score (nSPS) is 18.0. The number of benzene rings is 2. The highest BCUT2D eigenvalue weighted by Crippen LogP contribution is 2.36. The van der Waals surface area contributed by atoms with E-state index in [1.54, 1.807) is 63.1 Å². The number of hydrogen-bond acceptors (Lipinski definition) is 8. The third-order valence-corrected chi connectivity index (χ3v) is 8.44. The number of fused-ring (bicyclic) bond motifs is 1. The molecule has 0 saturated carbocycles. The molecule has 41 heavy (non-hydrogen) atoms. The van der Waals surface area contributed by atoms with Gasteiger partial charge in [-0.3, -0.25) is 9.52 Å². The number of nitrogens with zero attached hydrogens (tertiary/aromatic N) is 3. The fourth-order valence-corrected chi connectivity index (χ4v) is 5.65. The maximum Gasteiger partial charge on any atom is 0.321 e. The molecule has 1 aliphatic heterocycles. The predicted octanol–water partition coefficient (Wildman–Crippen LogP) is 3.48. The fourth-order valence-electron chi connectivity index (χ4n) is 4.56. The average Bonchev–Trinajstić information content (AvgIpc) is 3.27. The molecule has 0 fully saturated rings. The van der Waals surface area contributed by atoms with E-state index in [0.29, 0.717) is 17.1 Å². The second kappa shape index (κ2) is 12.2. The number of aliphatic hydroxyl groups is 1. The van der Waals surface area contributed by atoms with Crippen molar-refractivity contribution in [3.05, 3.63) is 65.5 Å². The molecule has 2 heterocycles. The summed E-state index contributed by atoms with van der Waals surface area (Å²) in [5.74, 6) is -0.203. The Morgan fingerprint density at radius 1 is 1.20 bits per heavy atom. The lowest BCUT2D eigenvalue weighted by atomic mass is 9.99. The lowest BCUT2D eigenvalue weighted by molar-refractivity contribution is 0.0373. The van der Waals surface area contributed by atoms with Crippen LogP contribution in [0, 0.1) is 19.8 Å². The SMILES string of the molecule is Cc1noc(C)c1NC(=O)N(C)C[C@@H]1Oc2c(NS(=O)(=O)c3ccccc3)cccc2C(=O)N([C@H](C)CO)C[C@@H]1C. The summed E-state index contributed by atoms with van der Waals surface area (Å²) in [5, 5.41) is 16.6. The van der Waals surface area contributed by atoms with Gasteiger partial charge in [-0.15, -0.1) is 0 Å². The molecule has 0 saturated heterocycles. The standard InChI is InChI=1S/C28H35N5O7S/c1-17-14-33(18(2)16-34)27(35)22-12-9-13-23(31-41(37,38)21-10-7-6-8-11-21)26(22)39-24(17)15-32(5)28(36)29-25-19(3)30-40-20(25)4/h6-13,17-18,24,31,34H,14-16H2,1-5H3,(H,29,36)/t17-,18+,24-/m0/s1. The van der Waals surface area contributed by atoms with Gasteiger partial charge in [0.2, 0.25) is 0 Å². The van der Waals surface area contributed by atoms with E-state index in [2.05, 4.69) is 15.2 Å². The van der Waals surface area contributed by atoms with Gasteiger partial charge >= 0.3 is 6.03 Å². The molecule has 3 atom stereocenters. The van der Waals surface area contributed by atoms with Crippen LogP contribution in [0.1, 0.15) is 35.7 Å². The van der Waals surface area contributed by atoms with Gasteiger partial charge in [0.05, 0.1) is 35.3 Å². The first-order valence-electron chi connectivity index (χ1n) is 13.2. The summed E-state index contributed by atoms with van der Waals surface area (Å²) >= 11 is 0. The number of aliphatic hydroxyl groups excluding tert-OH is 1. The molecule has 1 aromatic heterocycles. The number of hydrogen-bond donors (Lipinski definition) is 3. The first kappa shape index (κ1) is 29.9. The predicted molar refractivity (Wildman–Crippen MR) is 152 cm³/mol. The molecule has 0 unspecified atom stereocenters. The van der Waals surface area contributed by atoms with Crippen molar-refractivity contribution in [1.29, 1.82) is 0 Å². The van der Waals surface area contributed by atoms with Gasteiger partial charge in [0.25, 0.3) is 15.9 Å². The molecule has 3 amide bonds. The number of sulfonamides is 1. The second-order valence-corrected chi connectivity index (χ2v) is 11.9. The van der Waals surface area contributed by atoms with Crippen LogP contribution in [-0.2, 0) is 10.0 Å². The topological polar surface area (TPSA) is 154 Å². The van der Waals surface area contributed by atoms with Gasteiger partial charge in [0, 0.05) is 19.5 Å². The Morgan fingerprint density at radius 3 is 2.54 bits per heavy atom. The molecule has 0 aliphatic carbocycles. The van der Waals surface area contributed by atoms with Crippen LogP contribution in [0.25, 0.3) is 0 Å². The largest absolute Gasteiger partial charge is 0.485 e. The summed E-state index contributed by atoms with van der Waals surface area (Å²) in [6.07, 6.45) is -0.655. The van der Waals surface area contributed by atoms with Crippen LogP contribution in [0.2, 0.25) is 0 Å². The van der Waals surface area contributed by atoms with Crippen LogP contribution in [0.4, 0.5) is 16.2 Å². The smallest absolute Gasteiger partial charge is 0.321 e. The minimum Gasteiger partial charge on any atom is -0.485 e. The number of aryl methyl sites for hydroxylation is 2. The Kier molecular flexibility index (Phi) is 8.88. The summed E-state index contributed by atoms with van der Waals surface area (Å²) in [7, 11) is -2.41. The molecule has 3 aromatic rings. The molecule has 0 radical (unpaired) electrons. The molecule has 2 aromatic carbocycles. The zero-order chi connectivity index (χ0) is 29.9. The summed E-state index contributed by atoms with van der Waals surface area (Å²) in [6.45, 7) is 7.09. The van der Waals surface area contributed by atoms with E-state index in [4.69, 9.17) is 9.26 Å². The number of likely N-dealkylation sites (N-methyl/N-ethyl adjacent to an activating group) is 1. The fraction of sp³-hybridized carbons (Fsp3) is 0.393. The molecule has 0 bridgehead atoms. The highest BCUT2D eigenvalue weighted by atomic mass is 32.2. The van der Waals surface area contributed by atoms with Gasteiger partial charge in [-0.05, 0) is 45.0 Å². The second-order valence-electron chi connectivity index (χ2n) is 10.2. The summed E-state index contributed by atoms with van der Waals surface area (Å²) in [5.41, 5.74) is 1.23. The van der Waals surface area contributed by atoms with E-state index in [0.717, 1.165) is 0 Å². The van der Waals surface area contributed by atoms with Gasteiger partial charge in [-0.2, -0.15) is 0 Å². The molecule has 220 valence electrons. The zero-order valence-corrected chi connectivity index (χ0v) is 24.4. The number of nitrogens with one attached hydrogen (secondary N) is 2. The van der Waals surface area contributed by atoms with E-state index in [1.165, 1.54) is 23.1 Å². The van der Waals surface area contributed by atoms with E-state index < -0.39 is 34.1 Å². The number of urea groups is 1. The van der Waals surface area contributed by atoms with Crippen LogP contribution in [-0.4, -0.2) is 79.3 Å².